The lowest BCUT2D eigenvalue weighted by atomic mass is 10.0. The maximum Gasteiger partial charge on any atom is 0.123 e. The first-order valence-electron chi connectivity index (χ1n) is 11.4. The van der Waals surface area contributed by atoms with Crippen molar-refractivity contribution in [2.24, 2.45) is 0 Å². The summed E-state index contributed by atoms with van der Waals surface area (Å²) < 4.78 is 21.0. The van der Waals surface area contributed by atoms with Gasteiger partial charge in [0.25, 0.3) is 0 Å². The number of unbranched alkanes of at least 4 members (excludes halogenated alkanes) is 1. The van der Waals surface area contributed by atoms with E-state index in [0.29, 0.717) is 0 Å². The van der Waals surface area contributed by atoms with Crippen molar-refractivity contribution in [1.29, 1.82) is 0 Å². The molecule has 2 aromatic carbocycles. The van der Waals surface area contributed by atoms with Crippen LogP contribution in [0.2, 0.25) is 0 Å². The number of aryl methyl sites for hydroxylation is 1. The second-order valence-corrected chi connectivity index (χ2v) is 8.65. The van der Waals surface area contributed by atoms with Crippen molar-refractivity contribution in [3.63, 3.8) is 0 Å². The van der Waals surface area contributed by atoms with Crippen LogP contribution in [0.3, 0.4) is 0 Å². The number of nitrogens with zero attached hydrogens (tertiary/aromatic N) is 3. The Hall–Kier alpha value is -3.12. The fourth-order valence-corrected chi connectivity index (χ4v) is 4.43. The predicted octanol–water partition coefficient (Wildman–Crippen LogP) is 5.10. The Kier molecular flexibility index (Phi) is 5.95. The lowest BCUT2D eigenvalue weighted by Crippen LogP contribution is -2.31. The molecule has 5 nitrogen and oxygen atoms in total. The molecule has 0 amide bonds. The fraction of sp³-hybridized carbons (Fsp3) is 0.346. The molecule has 0 spiro atoms. The Balaban J connectivity index is 1.08. The van der Waals surface area contributed by atoms with E-state index >= 15 is 0 Å². The topological polar surface area (TPSA) is 42.3 Å². The van der Waals surface area contributed by atoms with Gasteiger partial charge in [0, 0.05) is 48.7 Å². The van der Waals surface area contributed by atoms with Gasteiger partial charge in [0.1, 0.15) is 11.6 Å². The van der Waals surface area contributed by atoms with Crippen LogP contribution in [0.4, 0.5) is 10.1 Å². The van der Waals surface area contributed by atoms with E-state index in [-0.39, 0.29) is 5.82 Å². The molecular formula is C26H29FN4O. The SMILES string of the molecule is C=C1CCc2ccc(OCCCCN3CCc4nn(-c5ccc(F)cc5)cc4C3)cc2N1. The molecule has 166 valence electrons. The molecule has 0 saturated heterocycles. The molecule has 2 aliphatic heterocycles. The van der Waals surface area contributed by atoms with Crippen molar-refractivity contribution in [3.8, 4) is 11.4 Å². The van der Waals surface area contributed by atoms with Crippen LogP contribution < -0.4 is 10.1 Å². The molecule has 2 aliphatic rings. The molecule has 0 bridgehead atoms. The van der Waals surface area contributed by atoms with Crippen LogP contribution in [0.1, 0.15) is 36.1 Å². The number of benzene rings is 2. The monoisotopic (exact) mass is 432 g/mol. The number of hydrogen-bond donors (Lipinski definition) is 1. The van der Waals surface area contributed by atoms with Crippen LogP contribution in [0.15, 0.2) is 60.9 Å². The molecule has 1 N–H and O–H groups in total. The van der Waals surface area contributed by atoms with Crippen molar-refractivity contribution in [2.75, 3.05) is 25.0 Å². The van der Waals surface area contributed by atoms with Gasteiger partial charge in [0.2, 0.25) is 0 Å². The normalized spacial score (nSPS) is 15.7. The Bertz CT molecular complexity index is 1110. The number of anilines is 1. The lowest BCUT2D eigenvalue weighted by molar-refractivity contribution is 0.234. The molecule has 0 atom stereocenters. The first-order valence-corrected chi connectivity index (χ1v) is 11.4. The summed E-state index contributed by atoms with van der Waals surface area (Å²) in [5.41, 5.74) is 6.84. The minimum Gasteiger partial charge on any atom is -0.494 e. The fourth-order valence-electron chi connectivity index (χ4n) is 4.43. The number of halogens is 1. The van der Waals surface area contributed by atoms with Crippen LogP contribution in [-0.4, -0.2) is 34.4 Å². The van der Waals surface area contributed by atoms with E-state index in [1.54, 1.807) is 12.1 Å². The number of ether oxygens (including phenoxy) is 1. The highest BCUT2D eigenvalue weighted by Gasteiger charge is 2.19. The van der Waals surface area contributed by atoms with Gasteiger partial charge in [-0.2, -0.15) is 5.10 Å². The van der Waals surface area contributed by atoms with Crippen molar-refractivity contribution in [1.82, 2.24) is 14.7 Å². The van der Waals surface area contributed by atoms with Crippen LogP contribution in [0.25, 0.3) is 5.69 Å². The third-order valence-corrected chi connectivity index (χ3v) is 6.25. The molecule has 0 unspecified atom stereocenters. The second-order valence-electron chi connectivity index (χ2n) is 8.65. The summed E-state index contributed by atoms with van der Waals surface area (Å²) in [6.45, 7) is 7.74. The minimum absolute atomic E-state index is 0.227. The van der Waals surface area contributed by atoms with E-state index in [9.17, 15) is 4.39 Å². The van der Waals surface area contributed by atoms with Gasteiger partial charge in [-0.15, -0.1) is 0 Å². The molecule has 0 aliphatic carbocycles. The van der Waals surface area contributed by atoms with Crippen LogP contribution in [0.5, 0.6) is 5.75 Å². The zero-order valence-corrected chi connectivity index (χ0v) is 18.3. The molecule has 0 radical (unpaired) electrons. The van der Waals surface area contributed by atoms with Gasteiger partial charge in [-0.1, -0.05) is 12.6 Å². The molecular weight excluding hydrogens is 403 g/mol. The summed E-state index contributed by atoms with van der Waals surface area (Å²) in [6.07, 6.45) is 7.20. The molecule has 3 heterocycles. The van der Waals surface area contributed by atoms with Crippen molar-refractivity contribution < 1.29 is 9.13 Å². The number of allylic oxidation sites excluding steroid dienone is 1. The molecule has 0 fully saturated rings. The van der Waals surface area contributed by atoms with Crippen molar-refractivity contribution >= 4 is 5.69 Å². The van der Waals surface area contributed by atoms with Gasteiger partial charge in [-0.25, -0.2) is 9.07 Å². The summed E-state index contributed by atoms with van der Waals surface area (Å²) in [5.74, 6) is 0.691. The number of nitrogens with one attached hydrogen (secondary N) is 1. The van der Waals surface area contributed by atoms with Crippen LogP contribution >= 0.6 is 0 Å². The number of fused-ring (bicyclic) bond motifs is 2. The highest BCUT2D eigenvalue weighted by atomic mass is 19.1. The average Bonchev–Trinajstić information content (AvgIpc) is 3.22. The molecule has 6 heteroatoms. The van der Waals surface area contributed by atoms with Crippen molar-refractivity contribution in [3.05, 3.63) is 83.6 Å². The molecule has 1 aromatic heterocycles. The lowest BCUT2D eigenvalue weighted by Gasteiger charge is -2.25. The van der Waals surface area contributed by atoms with Gasteiger partial charge in [0.15, 0.2) is 0 Å². The molecule has 32 heavy (non-hydrogen) atoms. The standard InChI is InChI=1S/C26H29FN4O/c1-19-4-5-20-6-11-24(16-26(20)28-19)32-15-3-2-13-30-14-12-25-21(17-30)18-31(29-25)23-9-7-22(27)8-10-23/h6-11,16,18,28H,1-5,12-15,17H2. The van der Waals surface area contributed by atoms with Gasteiger partial charge in [-0.05, 0) is 68.1 Å². The van der Waals surface area contributed by atoms with E-state index < -0.39 is 0 Å². The zero-order valence-electron chi connectivity index (χ0n) is 18.3. The third-order valence-electron chi connectivity index (χ3n) is 6.25. The highest BCUT2D eigenvalue weighted by Crippen LogP contribution is 2.29. The minimum atomic E-state index is -0.227. The molecule has 3 aromatic rings. The van der Waals surface area contributed by atoms with E-state index in [4.69, 9.17) is 9.84 Å². The van der Waals surface area contributed by atoms with Crippen molar-refractivity contribution in [2.45, 2.75) is 38.6 Å². The largest absolute Gasteiger partial charge is 0.494 e. The first kappa shape index (κ1) is 20.8. The highest BCUT2D eigenvalue weighted by molar-refractivity contribution is 5.60. The van der Waals surface area contributed by atoms with Gasteiger partial charge < -0.3 is 10.1 Å². The van der Waals surface area contributed by atoms with Crippen LogP contribution in [-0.2, 0) is 19.4 Å². The third kappa shape index (κ3) is 4.70. The summed E-state index contributed by atoms with van der Waals surface area (Å²) in [4.78, 5) is 2.48. The second kappa shape index (κ2) is 9.17. The van der Waals surface area contributed by atoms with E-state index in [1.165, 1.54) is 23.3 Å². The summed E-state index contributed by atoms with van der Waals surface area (Å²) in [5, 5.41) is 8.06. The van der Waals surface area contributed by atoms with Gasteiger partial charge in [0.05, 0.1) is 18.0 Å². The summed E-state index contributed by atoms with van der Waals surface area (Å²) in [6, 6.07) is 12.8. The Labute approximate surface area is 188 Å². The van der Waals surface area contributed by atoms with Gasteiger partial charge in [-0.3, -0.25) is 4.90 Å². The first-order chi connectivity index (χ1) is 15.6. The van der Waals surface area contributed by atoms with Crippen LogP contribution in [0, 0.1) is 5.82 Å². The Morgan fingerprint density at radius 3 is 2.78 bits per heavy atom. The molecule has 0 saturated carbocycles. The van der Waals surface area contributed by atoms with E-state index in [0.717, 1.165) is 86.9 Å². The van der Waals surface area contributed by atoms with E-state index in [1.807, 2.05) is 4.68 Å². The zero-order chi connectivity index (χ0) is 21.9. The quantitative estimate of drug-likeness (QED) is 0.528. The van der Waals surface area contributed by atoms with Gasteiger partial charge >= 0.3 is 0 Å². The number of rotatable bonds is 7. The number of hydrogen-bond acceptors (Lipinski definition) is 4. The Morgan fingerprint density at radius 1 is 1.03 bits per heavy atom. The Morgan fingerprint density at radius 2 is 1.91 bits per heavy atom. The maximum absolute atomic E-state index is 13.2. The summed E-state index contributed by atoms with van der Waals surface area (Å²) in [7, 11) is 0. The van der Waals surface area contributed by atoms with E-state index in [2.05, 4.69) is 41.2 Å². The molecule has 5 rings (SSSR count). The number of aromatic nitrogens is 2. The maximum atomic E-state index is 13.2. The predicted molar refractivity (Wildman–Crippen MR) is 125 cm³/mol. The average molecular weight is 433 g/mol. The smallest absolute Gasteiger partial charge is 0.123 e. The summed E-state index contributed by atoms with van der Waals surface area (Å²) >= 11 is 0.